The molecule has 0 bridgehead atoms. The third-order valence-electron chi connectivity index (χ3n) is 4.65. The topological polar surface area (TPSA) is 34.8 Å². The highest BCUT2D eigenvalue weighted by atomic mass is 16.5. The van der Waals surface area contributed by atoms with E-state index in [9.17, 15) is 0 Å². The van der Waals surface area contributed by atoms with E-state index in [0.717, 1.165) is 52.3 Å². The number of likely N-dealkylation sites (tertiary alicyclic amines) is 1. The molecule has 4 heteroatoms. The van der Waals surface area contributed by atoms with Crippen molar-refractivity contribution in [2.75, 3.05) is 32.9 Å². The molecule has 2 aliphatic heterocycles. The van der Waals surface area contributed by atoms with Gasteiger partial charge in [-0.2, -0.15) is 0 Å². The van der Waals surface area contributed by atoms with Gasteiger partial charge in [0.05, 0.1) is 25.2 Å². The van der Waals surface area contributed by atoms with Crippen LogP contribution in [0.4, 0.5) is 0 Å². The fraction of sp³-hybridized carbons (Fsp3) is 0.750. The van der Waals surface area contributed by atoms with E-state index in [-0.39, 0.29) is 5.41 Å². The lowest BCUT2D eigenvalue weighted by molar-refractivity contribution is -0.153. The highest BCUT2D eigenvalue weighted by Gasteiger charge is 2.45. The van der Waals surface area contributed by atoms with Crippen LogP contribution in [0.5, 0.6) is 0 Å². The Morgan fingerprint density at radius 1 is 1.50 bits per heavy atom. The van der Waals surface area contributed by atoms with Crippen LogP contribution in [0, 0.1) is 5.41 Å². The predicted molar refractivity (Wildman–Crippen MR) is 76.5 cm³/mol. The third-order valence-corrected chi connectivity index (χ3v) is 4.65. The van der Waals surface area contributed by atoms with E-state index < -0.39 is 0 Å². The van der Waals surface area contributed by atoms with Crippen molar-refractivity contribution in [2.24, 2.45) is 5.41 Å². The monoisotopic (exact) mass is 279 g/mol. The normalized spacial score (nSPS) is 31.1. The Balaban J connectivity index is 1.68. The maximum Gasteiger partial charge on any atom is 0.0947 e. The Morgan fingerprint density at radius 2 is 2.45 bits per heavy atom. The van der Waals surface area contributed by atoms with Gasteiger partial charge >= 0.3 is 0 Å². The quantitative estimate of drug-likeness (QED) is 0.830. The third kappa shape index (κ3) is 2.92. The number of nitrogens with zero attached hydrogens (tertiary/aromatic N) is 1. The summed E-state index contributed by atoms with van der Waals surface area (Å²) < 4.78 is 17.0. The molecule has 0 saturated carbocycles. The molecule has 0 unspecified atom stereocenters. The Kier molecular flexibility index (Phi) is 4.44. The summed E-state index contributed by atoms with van der Waals surface area (Å²) in [5, 5.41) is 0. The molecule has 0 amide bonds. The van der Waals surface area contributed by atoms with Crippen molar-refractivity contribution in [3.63, 3.8) is 0 Å². The number of rotatable bonds is 5. The fourth-order valence-corrected chi connectivity index (χ4v) is 3.67. The molecule has 0 aliphatic carbocycles. The molecule has 0 N–H and O–H groups in total. The highest BCUT2D eigenvalue weighted by molar-refractivity contribution is 5.06. The van der Waals surface area contributed by atoms with Crippen molar-refractivity contribution >= 4 is 0 Å². The maximum absolute atomic E-state index is 6.04. The molecule has 3 rings (SSSR count). The second kappa shape index (κ2) is 6.29. The zero-order chi connectivity index (χ0) is 13.8. The average molecular weight is 279 g/mol. The van der Waals surface area contributed by atoms with Gasteiger partial charge in [-0.3, -0.25) is 4.90 Å². The highest BCUT2D eigenvalue weighted by Crippen LogP contribution is 2.40. The van der Waals surface area contributed by atoms with Gasteiger partial charge in [0.1, 0.15) is 0 Å². The van der Waals surface area contributed by atoms with Crippen molar-refractivity contribution in [1.29, 1.82) is 0 Å². The standard InChI is InChI=1S/C16H25NO3/c1-2-18-13-16-6-3-8-20-15(16)4-7-17(12-16)10-14-5-9-19-11-14/h5,9,11,15H,2-4,6-8,10,12-13H2,1H3/t15-,16+/m0/s1. The van der Waals surface area contributed by atoms with Crippen LogP contribution in [0.25, 0.3) is 0 Å². The molecule has 20 heavy (non-hydrogen) atoms. The van der Waals surface area contributed by atoms with Crippen LogP contribution in [0.2, 0.25) is 0 Å². The van der Waals surface area contributed by atoms with Crippen molar-refractivity contribution in [3.05, 3.63) is 24.2 Å². The molecule has 2 atom stereocenters. The lowest BCUT2D eigenvalue weighted by atomic mass is 9.73. The van der Waals surface area contributed by atoms with Gasteiger partial charge in [-0.05, 0) is 32.3 Å². The average Bonchev–Trinajstić information content (AvgIpc) is 2.98. The molecule has 0 radical (unpaired) electrons. The molecule has 0 spiro atoms. The second-order valence-corrected chi connectivity index (χ2v) is 6.09. The summed E-state index contributed by atoms with van der Waals surface area (Å²) >= 11 is 0. The van der Waals surface area contributed by atoms with Crippen molar-refractivity contribution < 1.29 is 13.9 Å². The van der Waals surface area contributed by atoms with E-state index in [1.54, 1.807) is 6.26 Å². The molecular weight excluding hydrogens is 254 g/mol. The first-order valence-electron chi connectivity index (χ1n) is 7.75. The predicted octanol–water partition coefficient (Wildman–Crippen LogP) is 2.69. The van der Waals surface area contributed by atoms with E-state index >= 15 is 0 Å². The van der Waals surface area contributed by atoms with Gasteiger partial charge in [0.15, 0.2) is 0 Å². The fourth-order valence-electron chi connectivity index (χ4n) is 3.67. The number of fused-ring (bicyclic) bond motifs is 1. The van der Waals surface area contributed by atoms with Crippen LogP contribution >= 0.6 is 0 Å². The number of ether oxygens (including phenoxy) is 2. The van der Waals surface area contributed by atoms with Gasteiger partial charge in [-0.25, -0.2) is 0 Å². The SMILES string of the molecule is CCOC[C@]12CCCO[C@H]1CCN(Cc1ccoc1)C2. The van der Waals surface area contributed by atoms with E-state index in [4.69, 9.17) is 13.9 Å². The van der Waals surface area contributed by atoms with Gasteiger partial charge in [0.25, 0.3) is 0 Å². The molecular formula is C16H25NO3. The Bertz CT molecular complexity index is 406. The largest absolute Gasteiger partial charge is 0.472 e. The zero-order valence-corrected chi connectivity index (χ0v) is 12.3. The molecule has 4 nitrogen and oxygen atoms in total. The van der Waals surface area contributed by atoms with Gasteiger partial charge < -0.3 is 13.9 Å². The van der Waals surface area contributed by atoms with Crippen LogP contribution in [0.3, 0.4) is 0 Å². The number of hydrogen-bond donors (Lipinski definition) is 0. The zero-order valence-electron chi connectivity index (χ0n) is 12.3. The van der Waals surface area contributed by atoms with Crippen LogP contribution < -0.4 is 0 Å². The van der Waals surface area contributed by atoms with Gasteiger partial charge in [0.2, 0.25) is 0 Å². The molecule has 1 aromatic rings. The summed E-state index contributed by atoms with van der Waals surface area (Å²) in [5.74, 6) is 0. The summed E-state index contributed by atoms with van der Waals surface area (Å²) in [6.07, 6.45) is 7.47. The van der Waals surface area contributed by atoms with Gasteiger partial charge in [0, 0.05) is 43.8 Å². The van der Waals surface area contributed by atoms with E-state index in [0.29, 0.717) is 6.10 Å². The molecule has 2 fully saturated rings. The van der Waals surface area contributed by atoms with Crippen LogP contribution in [-0.2, 0) is 16.0 Å². The number of furan rings is 1. The molecule has 1 aromatic heterocycles. The maximum atomic E-state index is 6.04. The summed E-state index contributed by atoms with van der Waals surface area (Å²) in [6, 6.07) is 2.05. The molecule has 3 heterocycles. The van der Waals surface area contributed by atoms with Crippen molar-refractivity contribution in [1.82, 2.24) is 4.90 Å². The second-order valence-electron chi connectivity index (χ2n) is 6.09. The van der Waals surface area contributed by atoms with E-state index in [1.807, 2.05) is 6.26 Å². The van der Waals surface area contributed by atoms with Crippen molar-refractivity contribution in [3.8, 4) is 0 Å². The van der Waals surface area contributed by atoms with Crippen LogP contribution in [0.15, 0.2) is 23.0 Å². The first-order valence-corrected chi connectivity index (χ1v) is 7.75. The summed E-state index contributed by atoms with van der Waals surface area (Å²) in [4.78, 5) is 2.52. The summed E-state index contributed by atoms with van der Waals surface area (Å²) in [7, 11) is 0. The minimum atomic E-state index is 0.191. The van der Waals surface area contributed by atoms with Gasteiger partial charge in [-0.15, -0.1) is 0 Å². The van der Waals surface area contributed by atoms with Gasteiger partial charge in [-0.1, -0.05) is 0 Å². The molecule has 2 aliphatic rings. The van der Waals surface area contributed by atoms with Crippen molar-refractivity contribution in [2.45, 2.75) is 38.8 Å². The lowest BCUT2D eigenvalue weighted by Gasteiger charge is -2.50. The lowest BCUT2D eigenvalue weighted by Crippen LogP contribution is -2.56. The molecule has 0 aromatic carbocycles. The Hall–Kier alpha value is -0.840. The van der Waals surface area contributed by atoms with E-state index in [1.165, 1.54) is 12.0 Å². The minimum absolute atomic E-state index is 0.191. The van der Waals surface area contributed by atoms with Crippen LogP contribution in [-0.4, -0.2) is 43.9 Å². The minimum Gasteiger partial charge on any atom is -0.472 e. The first kappa shape index (κ1) is 14.1. The van der Waals surface area contributed by atoms with E-state index in [2.05, 4.69) is 17.9 Å². The summed E-state index contributed by atoms with van der Waals surface area (Å²) in [6.45, 7) is 7.75. The van der Waals surface area contributed by atoms with Crippen LogP contribution in [0.1, 0.15) is 31.7 Å². The smallest absolute Gasteiger partial charge is 0.0947 e. The molecule has 2 saturated heterocycles. The first-order chi connectivity index (χ1) is 9.82. The number of piperidine rings is 1. The number of hydrogen-bond acceptors (Lipinski definition) is 4. The molecule has 112 valence electrons. The Morgan fingerprint density at radius 3 is 3.25 bits per heavy atom. The summed E-state index contributed by atoms with van der Waals surface area (Å²) in [5.41, 5.74) is 1.45. The Labute approximate surface area is 121 Å².